The van der Waals surface area contributed by atoms with Crippen LogP contribution >= 0.6 is 11.6 Å². The van der Waals surface area contributed by atoms with Crippen LogP contribution in [0.5, 0.6) is 0 Å². The predicted molar refractivity (Wildman–Crippen MR) is 76.1 cm³/mol. The highest BCUT2D eigenvalue weighted by atomic mass is 35.5. The average molecular weight is 264 g/mol. The van der Waals surface area contributed by atoms with E-state index in [-0.39, 0.29) is 0 Å². The summed E-state index contributed by atoms with van der Waals surface area (Å²) in [7, 11) is 4.09. The van der Waals surface area contributed by atoms with Crippen molar-refractivity contribution in [2.75, 3.05) is 11.9 Å². The quantitative estimate of drug-likeness (QED) is 0.791. The van der Waals surface area contributed by atoms with E-state index in [1.165, 1.54) is 11.3 Å². The zero-order valence-electron chi connectivity index (χ0n) is 11.0. The van der Waals surface area contributed by atoms with Crippen LogP contribution in [0.3, 0.4) is 0 Å². The summed E-state index contributed by atoms with van der Waals surface area (Å²) in [5, 5.41) is 0. The van der Waals surface area contributed by atoms with Crippen molar-refractivity contribution >= 4 is 17.3 Å². The van der Waals surface area contributed by atoms with Gasteiger partial charge in [0.15, 0.2) is 0 Å². The maximum atomic E-state index is 5.84. The average Bonchev–Trinajstić information content (AvgIpc) is 2.74. The number of alkyl halides is 1. The van der Waals surface area contributed by atoms with Crippen molar-refractivity contribution in [3.63, 3.8) is 0 Å². The van der Waals surface area contributed by atoms with Crippen molar-refractivity contribution in [2.24, 2.45) is 7.05 Å². The highest BCUT2D eigenvalue weighted by Crippen LogP contribution is 2.22. The van der Waals surface area contributed by atoms with Crippen LogP contribution in [0.25, 0.3) is 0 Å². The van der Waals surface area contributed by atoms with E-state index in [4.69, 9.17) is 11.6 Å². The molecule has 0 aliphatic rings. The maximum Gasteiger partial charge on any atom is 0.127 e. The topological polar surface area (TPSA) is 21.1 Å². The van der Waals surface area contributed by atoms with Crippen molar-refractivity contribution < 1.29 is 0 Å². The lowest BCUT2D eigenvalue weighted by atomic mass is 10.1. The maximum absolute atomic E-state index is 5.84. The van der Waals surface area contributed by atoms with Crippen LogP contribution in [0, 0.1) is 6.92 Å². The molecule has 2 rings (SSSR count). The molecule has 4 heteroatoms. The smallest absolute Gasteiger partial charge is 0.127 e. The Morgan fingerprint density at radius 2 is 2.17 bits per heavy atom. The van der Waals surface area contributed by atoms with Gasteiger partial charge in [0, 0.05) is 38.1 Å². The Bertz CT molecular complexity index is 534. The van der Waals surface area contributed by atoms with E-state index in [1.54, 1.807) is 0 Å². The molecule has 3 nitrogen and oxygen atoms in total. The first-order valence-electron chi connectivity index (χ1n) is 5.94. The first kappa shape index (κ1) is 13.0. The number of anilines is 1. The Morgan fingerprint density at radius 3 is 2.72 bits per heavy atom. The molecule has 1 aromatic carbocycles. The Labute approximate surface area is 113 Å². The standard InChI is InChI=1S/C14H18ClN3/c1-11-8-12(9-15)4-5-13(11)18(3)10-14-16-6-7-17(14)2/h4-8H,9-10H2,1-3H3. The minimum atomic E-state index is 0.560. The number of aryl methyl sites for hydroxylation is 2. The van der Waals surface area contributed by atoms with Crippen molar-refractivity contribution in [1.82, 2.24) is 9.55 Å². The van der Waals surface area contributed by atoms with Crippen LogP contribution in [0.2, 0.25) is 0 Å². The third-order valence-corrected chi connectivity index (χ3v) is 3.43. The molecule has 0 spiro atoms. The van der Waals surface area contributed by atoms with Gasteiger partial charge < -0.3 is 9.47 Å². The first-order chi connectivity index (χ1) is 8.61. The fraction of sp³-hybridized carbons (Fsp3) is 0.357. The molecule has 2 aromatic rings. The van der Waals surface area contributed by atoms with E-state index in [0.29, 0.717) is 5.88 Å². The Hall–Kier alpha value is -1.48. The van der Waals surface area contributed by atoms with Crippen molar-refractivity contribution in [3.05, 3.63) is 47.5 Å². The van der Waals surface area contributed by atoms with Crippen molar-refractivity contribution in [3.8, 4) is 0 Å². The molecule has 18 heavy (non-hydrogen) atoms. The van der Waals surface area contributed by atoms with Gasteiger partial charge in [-0.25, -0.2) is 4.98 Å². The monoisotopic (exact) mass is 263 g/mol. The first-order valence-corrected chi connectivity index (χ1v) is 6.48. The Morgan fingerprint density at radius 1 is 1.39 bits per heavy atom. The minimum absolute atomic E-state index is 0.560. The lowest BCUT2D eigenvalue weighted by Crippen LogP contribution is -2.19. The fourth-order valence-electron chi connectivity index (χ4n) is 2.08. The van der Waals surface area contributed by atoms with Crippen LogP contribution in [-0.4, -0.2) is 16.6 Å². The number of rotatable bonds is 4. The number of nitrogens with zero attached hydrogens (tertiary/aromatic N) is 3. The van der Waals surface area contributed by atoms with E-state index in [2.05, 4.69) is 42.1 Å². The summed E-state index contributed by atoms with van der Waals surface area (Å²) in [6, 6.07) is 6.33. The Kier molecular flexibility index (Phi) is 3.92. The van der Waals surface area contributed by atoms with Crippen LogP contribution in [0.15, 0.2) is 30.6 Å². The molecule has 0 unspecified atom stereocenters. The molecule has 1 aromatic heterocycles. The largest absolute Gasteiger partial charge is 0.367 e. The van der Waals surface area contributed by atoms with Gasteiger partial charge in [0.2, 0.25) is 0 Å². The van der Waals surface area contributed by atoms with Crippen LogP contribution < -0.4 is 4.90 Å². The lowest BCUT2D eigenvalue weighted by molar-refractivity contribution is 0.760. The van der Waals surface area contributed by atoms with Gasteiger partial charge >= 0.3 is 0 Å². The number of halogens is 1. The molecule has 0 bridgehead atoms. The zero-order valence-corrected chi connectivity index (χ0v) is 11.8. The van der Waals surface area contributed by atoms with E-state index >= 15 is 0 Å². The van der Waals surface area contributed by atoms with Gasteiger partial charge in [-0.15, -0.1) is 11.6 Å². The number of imidazole rings is 1. The summed E-state index contributed by atoms with van der Waals surface area (Å²) >= 11 is 5.84. The predicted octanol–water partition coefficient (Wildman–Crippen LogP) is 3.10. The molecule has 0 saturated carbocycles. The molecule has 0 N–H and O–H groups in total. The SMILES string of the molecule is Cc1cc(CCl)ccc1N(C)Cc1nccn1C. The molecule has 0 atom stereocenters. The summed E-state index contributed by atoms with van der Waals surface area (Å²) < 4.78 is 2.04. The van der Waals surface area contributed by atoms with Crippen LogP contribution in [0.1, 0.15) is 17.0 Å². The second-order valence-electron chi connectivity index (χ2n) is 4.56. The third-order valence-electron chi connectivity index (χ3n) is 3.13. The van der Waals surface area contributed by atoms with Gasteiger partial charge in [-0.3, -0.25) is 0 Å². The molecular formula is C14H18ClN3. The van der Waals surface area contributed by atoms with Gasteiger partial charge in [-0.05, 0) is 24.1 Å². The molecule has 0 amide bonds. The number of benzene rings is 1. The molecule has 0 radical (unpaired) electrons. The molecule has 1 heterocycles. The van der Waals surface area contributed by atoms with Crippen molar-refractivity contribution in [1.29, 1.82) is 0 Å². The van der Waals surface area contributed by atoms with Gasteiger partial charge in [0.1, 0.15) is 5.82 Å². The highest BCUT2D eigenvalue weighted by Gasteiger charge is 2.08. The summed E-state index contributed by atoms with van der Waals surface area (Å²) in [6.45, 7) is 2.91. The van der Waals surface area contributed by atoms with Gasteiger partial charge in [-0.2, -0.15) is 0 Å². The fourth-order valence-corrected chi connectivity index (χ4v) is 2.24. The third kappa shape index (κ3) is 2.67. The molecule has 96 valence electrons. The van der Waals surface area contributed by atoms with E-state index in [9.17, 15) is 0 Å². The van der Waals surface area contributed by atoms with Gasteiger partial charge in [0.25, 0.3) is 0 Å². The molecule has 0 fully saturated rings. The van der Waals surface area contributed by atoms with Crippen molar-refractivity contribution in [2.45, 2.75) is 19.3 Å². The van der Waals surface area contributed by atoms with Gasteiger partial charge in [0.05, 0.1) is 6.54 Å². The lowest BCUT2D eigenvalue weighted by Gasteiger charge is -2.21. The molecule has 0 aliphatic heterocycles. The summed E-state index contributed by atoms with van der Waals surface area (Å²) in [5.41, 5.74) is 3.61. The van der Waals surface area contributed by atoms with E-state index in [0.717, 1.165) is 17.9 Å². The van der Waals surface area contributed by atoms with E-state index in [1.807, 2.05) is 24.0 Å². The van der Waals surface area contributed by atoms with Crippen LogP contribution in [0.4, 0.5) is 5.69 Å². The minimum Gasteiger partial charge on any atom is -0.367 e. The number of aromatic nitrogens is 2. The van der Waals surface area contributed by atoms with Crippen LogP contribution in [-0.2, 0) is 19.5 Å². The molecule has 0 saturated heterocycles. The zero-order chi connectivity index (χ0) is 13.1. The molecular weight excluding hydrogens is 246 g/mol. The summed E-state index contributed by atoms with van der Waals surface area (Å²) in [4.78, 5) is 6.55. The van der Waals surface area contributed by atoms with Gasteiger partial charge in [-0.1, -0.05) is 12.1 Å². The second kappa shape index (κ2) is 5.44. The second-order valence-corrected chi connectivity index (χ2v) is 4.83. The van der Waals surface area contributed by atoms with E-state index < -0.39 is 0 Å². The molecule has 0 aliphatic carbocycles. The highest BCUT2D eigenvalue weighted by molar-refractivity contribution is 6.17. The Balaban J connectivity index is 2.19. The number of hydrogen-bond acceptors (Lipinski definition) is 2. The number of hydrogen-bond donors (Lipinski definition) is 0. The normalized spacial score (nSPS) is 10.7. The summed E-state index contributed by atoms with van der Waals surface area (Å²) in [6.07, 6.45) is 3.79. The summed E-state index contributed by atoms with van der Waals surface area (Å²) in [5.74, 6) is 1.61.